The maximum atomic E-state index is 5.51. The molecule has 0 spiro atoms. The number of benzene rings is 1. The molecule has 0 amide bonds. The summed E-state index contributed by atoms with van der Waals surface area (Å²) in [5.41, 5.74) is 3.87. The van der Waals surface area contributed by atoms with E-state index >= 15 is 0 Å². The van der Waals surface area contributed by atoms with E-state index < -0.39 is 0 Å². The molecule has 1 aliphatic carbocycles. The van der Waals surface area contributed by atoms with Crippen molar-refractivity contribution < 1.29 is 4.52 Å². The Balaban J connectivity index is 1.80. The fourth-order valence-corrected chi connectivity index (χ4v) is 3.45. The van der Waals surface area contributed by atoms with Gasteiger partial charge in [0.25, 0.3) is 0 Å². The smallest absolute Gasteiger partial charge is 0.227 e. The van der Waals surface area contributed by atoms with Crippen molar-refractivity contribution in [2.45, 2.75) is 59.3 Å². The molecule has 1 aromatic heterocycles. The van der Waals surface area contributed by atoms with Crippen molar-refractivity contribution in [1.82, 2.24) is 10.1 Å². The zero-order chi connectivity index (χ0) is 14.9. The van der Waals surface area contributed by atoms with E-state index in [0.717, 1.165) is 23.7 Å². The topological polar surface area (TPSA) is 38.9 Å². The van der Waals surface area contributed by atoms with Crippen LogP contribution in [0.5, 0.6) is 0 Å². The molecule has 0 N–H and O–H groups in total. The summed E-state index contributed by atoms with van der Waals surface area (Å²) in [6.45, 7) is 6.55. The Hall–Kier alpha value is -1.64. The van der Waals surface area contributed by atoms with Gasteiger partial charge in [0.1, 0.15) is 0 Å². The Labute approximate surface area is 126 Å². The second-order valence-electron chi connectivity index (χ2n) is 6.88. The molecule has 1 aromatic carbocycles. The summed E-state index contributed by atoms with van der Waals surface area (Å²) in [6.07, 6.45) is 7.48. The van der Waals surface area contributed by atoms with Gasteiger partial charge in [-0.05, 0) is 37.7 Å². The number of aryl methyl sites for hydroxylation is 2. The molecule has 1 heterocycles. The van der Waals surface area contributed by atoms with E-state index in [1.54, 1.807) is 0 Å². The number of hydrogen-bond acceptors (Lipinski definition) is 3. The van der Waals surface area contributed by atoms with E-state index in [-0.39, 0.29) is 0 Å². The molecular formula is C18H24N2O. The Morgan fingerprint density at radius 2 is 1.90 bits per heavy atom. The van der Waals surface area contributed by atoms with E-state index in [9.17, 15) is 0 Å². The van der Waals surface area contributed by atoms with Crippen molar-refractivity contribution in [3.63, 3.8) is 0 Å². The highest BCUT2D eigenvalue weighted by atomic mass is 16.5. The van der Waals surface area contributed by atoms with Gasteiger partial charge in [-0.1, -0.05) is 55.1 Å². The quantitative estimate of drug-likeness (QED) is 0.807. The van der Waals surface area contributed by atoms with E-state index in [4.69, 9.17) is 4.52 Å². The molecule has 3 nitrogen and oxygen atoms in total. The molecule has 1 fully saturated rings. The summed E-state index contributed by atoms with van der Waals surface area (Å²) in [7, 11) is 0. The summed E-state index contributed by atoms with van der Waals surface area (Å²) in [6, 6.07) is 6.34. The third kappa shape index (κ3) is 3.17. The molecule has 0 atom stereocenters. The van der Waals surface area contributed by atoms with Gasteiger partial charge in [-0.2, -0.15) is 4.98 Å². The fourth-order valence-electron chi connectivity index (χ4n) is 3.45. The van der Waals surface area contributed by atoms with E-state index in [1.165, 1.54) is 43.2 Å². The van der Waals surface area contributed by atoms with Gasteiger partial charge in [0.05, 0.1) is 0 Å². The van der Waals surface area contributed by atoms with E-state index in [2.05, 4.69) is 49.1 Å². The predicted molar refractivity (Wildman–Crippen MR) is 84.1 cm³/mol. The van der Waals surface area contributed by atoms with Crippen molar-refractivity contribution in [2.75, 3.05) is 0 Å². The minimum Gasteiger partial charge on any atom is -0.339 e. The molecular weight excluding hydrogens is 260 g/mol. The highest BCUT2D eigenvalue weighted by Gasteiger charge is 2.29. The minimum absolute atomic E-state index is 0.338. The van der Waals surface area contributed by atoms with Gasteiger partial charge in [0.2, 0.25) is 11.7 Å². The second kappa shape index (κ2) is 5.63. The maximum Gasteiger partial charge on any atom is 0.227 e. The summed E-state index contributed by atoms with van der Waals surface area (Å²) in [5, 5.41) is 4.19. The Morgan fingerprint density at radius 3 is 2.62 bits per heavy atom. The third-order valence-electron chi connectivity index (χ3n) is 4.73. The van der Waals surface area contributed by atoms with Crippen LogP contribution in [0, 0.1) is 19.3 Å². The lowest BCUT2D eigenvalue weighted by Gasteiger charge is -2.32. The maximum absolute atomic E-state index is 5.51. The lowest BCUT2D eigenvalue weighted by atomic mass is 9.73. The SMILES string of the molecule is Cc1ccc(-c2noc(CC3(C)CCCCC3)n2)c(C)c1. The molecule has 112 valence electrons. The van der Waals surface area contributed by atoms with Gasteiger partial charge in [-0.15, -0.1) is 0 Å². The Bertz CT molecular complexity index is 624. The molecule has 21 heavy (non-hydrogen) atoms. The molecule has 0 radical (unpaired) electrons. The van der Waals surface area contributed by atoms with Crippen LogP contribution in [0.1, 0.15) is 56.0 Å². The fraction of sp³-hybridized carbons (Fsp3) is 0.556. The molecule has 3 rings (SSSR count). The first-order valence-electron chi connectivity index (χ1n) is 7.96. The van der Waals surface area contributed by atoms with Crippen LogP contribution in [0.15, 0.2) is 22.7 Å². The van der Waals surface area contributed by atoms with Crippen molar-refractivity contribution in [3.8, 4) is 11.4 Å². The zero-order valence-electron chi connectivity index (χ0n) is 13.3. The highest BCUT2D eigenvalue weighted by Crippen LogP contribution is 2.38. The summed E-state index contributed by atoms with van der Waals surface area (Å²) < 4.78 is 5.51. The highest BCUT2D eigenvalue weighted by molar-refractivity contribution is 5.59. The van der Waals surface area contributed by atoms with Crippen LogP contribution in [-0.4, -0.2) is 10.1 Å². The largest absolute Gasteiger partial charge is 0.339 e. The molecule has 3 heteroatoms. The average Bonchev–Trinajstić information content (AvgIpc) is 2.87. The summed E-state index contributed by atoms with van der Waals surface area (Å²) in [4.78, 5) is 4.63. The van der Waals surface area contributed by atoms with Crippen molar-refractivity contribution in [3.05, 3.63) is 35.2 Å². The molecule has 1 saturated carbocycles. The normalized spacial score (nSPS) is 17.9. The average molecular weight is 284 g/mol. The lowest BCUT2D eigenvalue weighted by Crippen LogP contribution is -2.22. The first-order valence-corrected chi connectivity index (χ1v) is 7.96. The lowest BCUT2D eigenvalue weighted by molar-refractivity contribution is 0.192. The summed E-state index contributed by atoms with van der Waals surface area (Å²) >= 11 is 0. The zero-order valence-corrected chi connectivity index (χ0v) is 13.3. The van der Waals surface area contributed by atoms with Crippen LogP contribution in [-0.2, 0) is 6.42 Å². The van der Waals surface area contributed by atoms with Crippen molar-refractivity contribution in [2.24, 2.45) is 5.41 Å². The molecule has 0 saturated heterocycles. The van der Waals surface area contributed by atoms with Crippen LogP contribution in [0.3, 0.4) is 0 Å². The minimum atomic E-state index is 0.338. The molecule has 0 bridgehead atoms. The molecule has 1 aliphatic rings. The van der Waals surface area contributed by atoms with Crippen LogP contribution < -0.4 is 0 Å². The Kier molecular flexibility index (Phi) is 3.83. The van der Waals surface area contributed by atoms with Gasteiger partial charge in [-0.3, -0.25) is 0 Å². The predicted octanol–water partition coefficient (Wildman–Crippen LogP) is 4.87. The van der Waals surface area contributed by atoms with Gasteiger partial charge in [0.15, 0.2) is 0 Å². The number of aromatic nitrogens is 2. The van der Waals surface area contributed by atoms with Crippen LogP contribution in [0.25, 0.3) is 11.4 Å². The first-order chi connectivity index (χ1) is 10.1. The van der Waals surface area contributed by atoms with Crippen LogP contribution in [0.2, 0.25) is 0 Å². The van der Waals surface area contributed by atoms with Gasteiger partial charge in [0, 0.05) is 12.0 Å². The van der Waals surface area contributed by atoms with Crippen molar-refractivity contribution >= 4 is 0 Å². The van der Waals surface area contributed by atoms with Crippen LogP contribution >= 0.6 is 0 Å². The molecule has 0 unspecified atom stereocenters. The molecule has 0 aliphatic heterocycles. The molecule has 2 aromatic rings. The standard InChI is InChI=1S/C18H24N2O/c1-13-7-8-15(14(2)11-13)17-19-16(21-20-17)12-18(3)9-5-4-6-10-18/h7-8,11H,4-6,9-10,12H2,1-3H3. The third-order valence-corrected chi connectivity index (χ3v) is 4.73. The van der Waals surface area contributed by atoms with E-state index in [1.807, 2.05) is 0 Å². The van der Waals surface area contributed by atoms with Crippen LogP contribution in [0.4, 0.5) is 0 Å². The summed E-state index contributed by atoms with van der Waals surface area (Å²) in [5.74, 6) is 1.51. The van der Waals surface area contributed by atoms with Crippen molar-refractivity contribution in [1.29, 1.82) is 0 Å². The van der Waals surface area contributed by atoms with Gasteiger partial charge >= 0.3 is 0 Å². The van der Waals surface area contributed by atoms with E-state index in [0.29, 0.717) is 5.41 Å². The second-order valence-corrected chi connectivity index (χ2v) is 6.88. The van der Waals surface area contributed by atoms with Gasteiger partial charge < -0.3 is 4.52 Å². The van der Waals surface area contributed by atoms with Gasteiger partial charge in [-0.25, -0.2) is 0 Å². The number of hydrogen-bond donors (Lipinski definition) is 0. The number of nitrogens with zero attached hydrogens (tertiary/aromatic N) is 2. The monoisotopic (exact) mass is 284 g/mol. The number of rotatable bonds is 3. The first kappa shape index (κ1) is 14.3. The Morgan fingerprint density at radius 1 is 1.14 bits per heavy atom.